The Balaban J connectivity index is 1.94. The molecule has 2 fully saturated rings. The molecule has 2 rings (SSSR count). The van der Waals surface area contributed by atoms with E-state index < -0.39 is 17.9 Å². The summed E-state index contributed by atoms with van der Waals surface area (Å²) in [5.41, 5.74) is 0. The van der Waals surface area contributed by atoms with Crippen LogP contribution >= 0.6 is 0 Å². The molecule has 0 bridgehead atoms. The van der Waals surface area contributed by atoms with E-state index in [9.17, 15) is 14.7 Å². The zero-order valence-electron chi connectivity index (χ0n) is 16.5. The van der Waals surface area contributed by atoms with Crippen LogP contribution in [0.3, 0.4) is 0 Å². The summed E-state index contributed by atoms with van der Waals surface area (Å²) in [7, 11) is 1.65. The molecule has 158 valence electrons. The van der Waals surface area contributed by atoms with Gasteiger partial charge >= 0.3 is 5.97 Å². The maximum atomic E-state index is 12.4. The lowest BCUT2D eigenvalue weighted by Gasteiger charge is -2.25. The molecule has 0 aromatic carbocycles. The first kappa shape index (κ1) is 22.7. The van der Waals surface area contributed by atoms with Gasteiger partial charge in [-0.1, -0.05) is 18.2 Å². The second kappa shape index (κ2) is 11.5. The highest BCUT2D eigenvalue weighted by atomic mass is 16.7. The molecule has 0 aromatic rings. The monoisotopic (exact) mass is 396 g/mol. The fraction of sp³-hybridized carbons (Fsp3) is 0.714. The molecular weight excluding hydrogens is 364 g/mol. The minimum atomic E-state index is -0.816. The Morgan fingerprint density at radius 1 is 1.29 bits per heavy atom. The summed E-state index contributed by atoms with van der Waals surface area (Å²) >= 11 is 0. The number of carboxylic acids is 1. The molecule has 1 heterocycles. The average Bonchev–Trinajstić information content (AvgIpc) is 3.21. The topological polar surface area (TPSA) is 102 Å². The van der Waals surface area contributed by atoms with E-state index in [0.717, 1.165) is 6.42 Å². The van der Waals surface area contributed by atoms with E-state index in [1.165, 1.54) is 0 Å². The highest BCUT2D eigenvalue weighted by molar-refractivity contribution is 5.86. The van der Waals surface area contributed by atoms with Crippen molar-refractivity contribution in [2.24, 2.45) is 11.8 Å². The second-order valence-corrected chi connectivity index (χ2v) is 7.38. The quantitative estimate of drug-likeness (QED) is 0.386. The van der Waals surface area contributed by atoms with E-state index in [1.54, 1.807) is 7.11 Å². The number of carbonyl (C=O) groups is 2. The van der Waals surface area contributed by atoms with Gasteiger partial charge in [0, 0.05) is 44.8 Å². The van der Waals surface area contributed by atoms with Crippen LogP contribution in [0.5, 0.6) is 0 Å². The van der Waals surface area contributed by atoms with Crippen LogP contribution in [-0.4, -0.2) is 60.8 Å². The third kappa shape index (κ3) is 6.81. The van der Waals surface area contributed by atoms with Gasteiger partial charge in [-0.3, -0.25) is 9.59 Å². The van der Waals surface area contributed by atoms with Crippen molar-refractivity contribution in [3.63, 3.8) is 0 Å². The van der Waals surface area contributed by atoms with Crippen molar-refractivity contribution in [1.82, 2.24) is 0 Å². The fourth-order valence-electron chi connectivity index (χ4n) is 3.78. The highest BCUT2D eigenvalue weighted by Crippen LogP contribution is 2.35. The lowest BCUT2D eigenvalue weighted by atomic mass is 9.89. The zero-order valence-corrected chi connectivity index (χ0v) is 16.5. The van der Waals surface area contributed by atoms with Crippen molar-refractivity contribution in [3.05, 3.63) is 24.3 Å². The van der Waals surface area contributed by atoms with Gasteiger partial charge in [0.25, 0.3) is 0 Å². The molecule has 1 saturated carbocycles. The van der Waals surface area contributed by atoms with Gasteiger partial charge in [-0.2, -0.15) is 0 Å². The molecule has 0 radical (unpaired) electrons. The van der Waals surface area contributed by atoms with E-state index in [4.69, 9.17) is 19.3 Å². The molecule has 7 nitrogen and oxygen atoms in total. The standard InChI is InChI=1S/C21H32O7/c1-26-12-6-10-21(27-13-14-28-21)11-9-17-16(18(22)15-19(17)23)7-4-2-3-5-8-20(24)25/h2,4,9,11,16-18,22H,3,5-8,10,12-15H2,1H3,(H,24,25)/b4-2-,11-9+/t16-,17-,18+/m1/s1. The molecule has 2 aliphatic rings. The molecule has 0 aromatic heterocycles. The minimum Gasteiger partial charge on any atom is -0.481 e. The van der Waals surface area contributed by atoms with Crippen molar-refractivity contribution in [2.75, 3.05) is 26.9 Å². The predicted molar refractivity (Wildman–Crippen MR) is 103 cm³/mol. The number of unbranched alkanes of at least 4 members (excludes halogenated alkanes) is 1. The summed E-state index contributed by atoms with van der Waals surface area (Å²) in [6.45, 7) is 1.64. The van der Waals surface area contributed by atoms with Gasteiger partial charge in [-0.25, -0.2) is 0 Å². The van der Waals surface area contributed by atoms with Gasteiger partial charge in [0.2, 0.25) is 0 Å². The van der Waals surface area contributed by atoms with Crippen LogP contribution in [-0.2, 0) is 23.8 Å². The van der Waals surface area contributed by atoms with Crippen LogP contribution in [0, 0.1) is 11.8 Å². The van der Waals surface area contributed by atoms with Crippen LogP contribution in [0.1, 0.15) is 44.9 Å². The Kier molecular flexibility index (Phi) is 9.31. The van der Waals surface area contributed by atoms with E-state index in [1.807, 2.05) is 24.3 Å². The Labute approximate surface area is 166 Å². The number of rotatable bonds is 12. The van der Waals surface area contributed by atoms with Crippen molar-refractivity contribution >= 4 is 11.8 Å². The first-order valence-corrected chi connectivity index (χ1v) is 10.0. The van der Waals surface area contributed by atoms with Gasteiger partial charge < -0.3 is 24.4 Å². The summed E-state index contributed by atoms with van der Waals surface area (Å²) in [5, 5.41) is 18.9. The van der Waals surface area contributed by atoms with Gasteiger partial charge in [0.05, 0.1) is 19.3 Å². The zero-order chi connectivity index (χ0) is 20.4. The van der Waals surface area contributed by atoms with Crippen LogP contribution in [0.2, 0.25) is 0 Å². The molecule has 7 heteroatoms. The minimum absolute atomic E-state index is 0.0260. The first-order valence-electron chi connectivity index (χ1n) is 10.0. The molecule has 0 spiro atoms. The Bertz CT molecular complexity index is 563. The number of hydrogen-bond acceptors (Lipinski definition) is 6. The van der Waals surface area contributed by atoms with Gasteiger partial charge in [-0.15, -0.1) is 0 Å². The number of aliphatic hydroxyl groups is 1. The highest BCUT2D eigenvalue weighted by Gasteiger charge is 2.40. The number of allylic oxidation sites excluding steroid dienone is 3. The number of ketones is 1. The van der Waals surface area contributed by atoms with E-state index >= 15 is 0 Å². The second-order valence-electron chi connectivity index (χ2n) is 7.38. The Morgan fingerprint density at radius 2 is 2.04 bits per heavy atom. The Morgan fingerprint density at radius 3 is 2.71 bits per heavy atom. The molecule has 0 unspecified atom stereocenters. The SMILES string of the molecule is COCCCC1(/C=C/[C@H]2C(=O)C[C@H](O)[C@@H]2C/C=C\CCCC(=O)O)OCCO1. The summed E-state index contributed by atoms with van der Waals surface area (Å²) in [6, 6.07) is 0. The molecule has 1 saturated heterocycles. The van der Waals surface area contributed by atoms with Gasteiger partial charge in [-0.05, 0) is 31.8 Å². The molecule has 28 heavy (non-hydrogen) atoms. The lowest BCUT2D eigenvalue weighted by molar-refractivity contribution is -0.137. The van der Waals surface area contributed by atoms with Crippen LogP contribution in [0.4, 0.5) is 0 Å². The Hall–Kier alpha value is -1.54. The third-order valence-corrected chi connectivity index (χ3v) is 5.28. The van der Waals surface area contributed by atoms with E-state index in [2.05, 4.69) is 0 Å². The van der Waals surface area contributed by atoms with Crippen molar-refractivity contribution < 1.29 is 34.0 Å². The average molecular weight is 396 g/mol. The molecule has 1 aliphatic carbocycles. The summed E-state index contributed by atoms with van der Waals surface area (Å²) in [6.07, 6.45) is 10.4. The predicted octanol–water partition coefficient (Wildman–Crippen LogP) is 2.48. The number of aliphatic hydroxyl groups excluding tert-OH is 1. The van der Waals surface area contributed by atoms with Gasteiger partial charge in [0.1, 0.15) is 5.78 Å². The summed E-state index contributed by atoms with van der Waals surface area (Å²) in [5.74, 6) is -2.14. The number of aliphatic carboxylic acids is 1. The van der Waals surface area contributed by atoms with Crippen LogP contribution in [0.15, 0.2) is 24.3 Å². The van der Waals surface area contributed by atoms with Crippen LogP contribution < -0.4 is 0 Å². The smallest absolute Gasteiger partial charge is 0.303 e. The van der Waals surface area contributed by atoms with Crippen LogP contribution in [0.25, 0.3) is 0 Å². The third-order valence-electron chi connectivity index (χ3n) is 5.28. The maximum Gasteiger partial charge on any atom is 0.303 e. The van der Waals surface area contributed by atoms with Crippen molar-refractivity contribution in [1.29, 1.82) is 0 Å². The largest absolute Gasteiger partial charge is 0.481 e. The van der Waals surface area contributed by atoms with Crippen molar-refractivity contribution in [3.8, 4) is 0 Å². The lowest BCUT2D eigenvalue weighted by Crippen LogP contribution is -2.29. The molecule has 3 atom stereocenters. The molecule has 1 aliphatic heterocycles. The first-order chi connectivity index (χ1) is 13.5. The fourth-order valence-corrected chi connectivity index (χ4v) is 3.78. The molecule has 0 amide bonds. The number of ether oxygens (including phenoxy) is 3. The molecule has 2 N–H and O–H groups in total. The van der Waals surface area contributed by atoms with Crippen molar-refractivity contribution in [2.45, 2.75) is 56.8 Å². The number of carbonyl (C=O) groups excluding carboxylic acids is 1. The number of carboxylic acid groups (broad SMARTS) is 1. The summed E-state index contributed by atoms with van der Waals surface area (Å²) < 4.78 is 16.7. The number of hydrogen-bond donors (Lipinski definition) is 2. The summed E-state index contributed by atoms with van der Waals surface area (Å²) in [4.78, 5) is 22.9. The normalized spacial score (nSPS) is 27.4. The van der Waals surface area contributed by atoms with E-state index in [0.29, 0.717) is 45.5 Å². The molecular formula is C21H32O7. The maximum absolute atomic E-state index is 12.4. The van der Waals surface area contributed by atoms with Gasteiger partial charge in [0.15, 0.2) is 5.79 Å². The number of methoxy groups -OCH3 is 1. The number of Topliss-reactive ketones (excluding diaryl/α,β-unsaturated/α-hetero) is 1. The van der Waals surface area contributed by atoms with E-state index in [-0.39, 0.29) is 30.5 Å².